The molecule has 0 aliphatic carbocycles. The molecule has 1 aromatic carbocycles. The van der Waals surface area contributed by atoms with Crippen LogP contribution in [0.5, 0.6) is 0 Å². The minimum atomic E-state index is -3.43. The van der Waals surface area contributed by atoms with Gasteiger partial charge < -0.3 is 10.6 Å². The van der Waals surface area contributed by atoms with Gasteiger partial charge in [0, 0.05) is 38.5 Å². The quantitative estimate of drug-likeness (QED) is 0.325. The third-order valence-corrected chi connectivity index (χ3v) is 7.98. The fraction of sp³-hybridized carbons (Fsp3) is 0.611. The summed E-state index contributed by atoms with van der Waals surface area (Å²) in [6.07, 6.45) is 2.56. The van der Waals surface area contributed by atoms with Crippen LogP contribution in [0.3, 0.4) is 0 Å². The molecule has 154 valence electrons. The second-order valence-corrected chi connectivity index (χ2v) is 10.1. The van der Waals surface area contributed by atoms with E-state index in [1.807, 2.05) is 37.7 Å². The molecule has 1 atom stereocenters. The Bertz CT molecular complexity index is 703. The van der Waals surface area contributed by atoms with E-state index in [0.29, 0.717) is 16.7 Å². The Morgan fingerprint density at radius 3 is 2.48 bits per heavy atom. The van der Waals surface area contributed by atoms with Crippen LogP contribution in [0, 0.1) is 0 Å². The summed E-state index contributed by atoms with van der Waals surface area (Å²) in [5.74, 6) is 2.02. The SMILES string of the molecule is CN=C(NCc1ccc(S(=O)(=O)N(C)C(C)C)cc1)NCC1CCCS1.I. The van der Waals surface area contributed by atoms with Crippen molar-refractivity contribution in [3.63, 3.8) is 0 Å². The van der Waals surface area contributed by atoms with E-state index in [2.05, 4.69) is 15.6 Å². The topological polar surface area (TPSA) is 73.8 Å². The van der Waals surface area contributed by atoms with E-state index in [0.717, 1.165) is 18.1 Å². The average molecular weight is 527 g/mol. The van der Waals surface area contributed by atoms with Crippen molar-refractivity contribution in [2.75, 3.05) is 26.4 Å². The first-order chi connectivity index (χ1) is 12.3. The molecule has 0 aromatic heterocycles. The van der Waals surface area contributed by atoms with Gasteiger partial charge in [-0.1, -0.05) is 12.1 Å². The molecule has 9 heteroatoms. The Morgan fingerprint density at radius 2 is 1.96 bits per heavy atom. The van der Waals surface area contributed by atoms with E-state index in [1.54, 1.807) is 26.2 Å². The highest BCUT2D eigenvalue weighted by atomic mass is 127. The summed E-state index contributed by atoms with van der Waals surface area (Å²) < 4.78 is 26.4. The van der Waals surface area contributed by atoms with E-state index < -0.39 is 10.0 Å². The molecule has 2 rings (SSSR count). The zero-order valence-corrected chi connectivity index (χ0v) is 20.4. The summed E-state index contributed by atoms with van der Waals surface area (Å²) in [5.41, 5.74) is 1.01. The lowest BCUT2D eigenvalue weighted by molar-refractivity contribution is 0.410. The first-order valence-electron chi connectivity index (χ1n) is 8.97. The predicted octanol–water partition coefficient (Wildman–Crippen LogP) is 2.89. The monoisotopic (exact) mass is 526 g/mol. The van der Waals surface area contributed by atoms with Crippen LogP contribution in [0.4, 0.5) is 0 Å². The van der Waals surface area contributed by atoms with Crippen molar-refractivity contribution in [3.8, 4) is 0 Å². The van der Waals surface area contributed by atoms with Crippen molar-refractivity contribution in [2.45, 2.75) is 49.4 Å². The van der Waals surface area contributed by atoms with Gasteiger partial charge in [0.25, 0.3) is 0 Å². The van der Waals surface area contributed by atoms with Gasteiger partial charge in [-0.05, 0) is 50.1 Å². The molecule has 0 spiro atoms. The van der Waals surface area contributed by atoms with Crippen LogP contribution in [0.15, 0.2) is 34.2 Å². The summed E-state index contributed by atoms with van der Waals surface area (Å²) in [5, 5.41) is 7.30. The van der Waals surface area contributed by atoms with Crippen LogP contribution in [0.25, 0.3) is 0 Å². The van der Waals surface area contributed by atoms with E-state index in [9.17, 15) is 8.42 Å². The zero-order chi connectivity index (χ0) is 19.2. The molecule has 1 heterocycles. The number of halogens is 1. The first-order valence-corrected chi connectivity index (χ1v) is 11.5. The van der Waals surface area contributed by atoms with Crippen LogP contribution in [0.1, 0.15) is 32.3 Å². The number of nitrogens with one attached hydrogen (secondary N) is 2. The molecule has 0 saturated carbocycles. The molecular weight excluding hydrogens is 495 g/mol. The third-order valence-electron chi connectivity index (χ3n) is 4.53. The average Bonchev–Trinajstić information content (AvgIpc) is 3.15. The lowest BCUT2D eigenvalue weighted by Gasteiger charge is -2.21. The lowest BCUT2D eigenvalue weighted by atomic mass is 10.2. The Hall–Kier alpha value is -0.520. The number of aliphatic imine (C=N–C) groups is 1. The van der Waals surface area contributed by atoms with Gasteiger partial charge in [0.1, 0.15) is 0 Å². The van der Waals surface area contributed by atoms with E-state index in [1.165, 1.54) is 22.9 Å². The van der Waals surface area contributed by atoms with Gasteiger partial charge in [-0.2, -0.15) is 16.1 Å². The molecule has 6 nitrogen and oxygen atoms in total. The predicted molar refractivity (Wildman–Crippen MR) is 126 cm³/mol. The van der Waals surface area contributed by atoms with Gasteiger partial charge in [0.15, 0.2) is 5.96 Å². The normalized spacial score (nSPS) is 17.9. The van der Waals surface area contributed by atoms with Crippen LogP contribution in [-0.2, 0) is 16.6 Å². The Labute approximate surface area is 185 Å². The molecule has 1 fully saturated rings. The smallest absolute Gasteiger partial charge is 0.243 e. The van der Waals surface area contributed by atoms with Gasteiger partial charge in [-0.25, -0.2) is 8.42 Å². The van der Waals surface area contributed by atoms with Crippen molar-refractivity contribution < 1.29 is 8.42 Å². The zero-order valence-electron chi connectivity index (χ0n) is 16.4. The van der Waals surface area contributed by atoms with Crippen molar-refractivity contribution in [1.82, 2.24) is 14.9 Å². The maximum atomic E-state index is 12.5. The Morgan fingerprint density at radius 1 is 1.30 bits per heavy atom. The third kappa shape index (κ3) is 7.10. The van der Waals surface area contributed by atoms with Crippen LogP contribution in [0.2, 0.25) is 0 Å². The fourth-order valence-electron chi connectivity index (χ4n) is 2.65. The summed E-state index contributed by atoms with van der Waals surface area (Å²) in [6.45, 7) is 5.23. The standard InChI is InChI=1S/C18H30N4O2S2.HI/c1-14(2)22(4)26(23,24)17-9-7-15(8-10-17)12-20-18(19-3)21-13-16-6-5-11-25-16;/h7-10,14,16H,5-6,11-13H2,1-4H3,(H2,19,20,21);1H. The number of hydrogen-bond donors (Lipinski definition) is 2. The summed E-state index contributed by atoms with van der Waals surface area (Å²) in [6, 6.07) is 6.93. The van der Waals surface area contributed by atoms with E-state index >= 15 is 0 Å². The molecule has 1 saturated heterocycles. The summed E-state index contributed by atoms with van der Waals surface area (Å²) in [4.78, 5) is 4.56. The van der Waals surface area contributed by atoms with Gasteiger partial charge in [-0.15, -0.1) is 24.0 Å². The van der Waals surface area contributed by atoms with Gasteiger partial charge in [0.2, 0.25) is 10.0 Å². The molecule has 0 radical (unpaired) electrons. The number of nitrogens with zero attached hydrogens (tertiary/aromatic N) is 2. The van der Waals surface area contributed by atoms with Gasteiger partial charge >= 0.3 is 0 Å². The molecule has 1 aliphatic rings. The molecule has 0 amide bonds. The van der Waals surface area contributed by atoms with Crippen molar-refractivity contribution in [3.05, 3.63) is 29.8 Å². The molecule has 1 aromatic rings. The van der Waals surface area contributed by atoms with Crippen LogP contribution in [-0.4, -0.2) is 56.4 Å². The van der Waals surface area contributed by atoms with Crippen LogP contribution < -0.4 is 10.6 Å². The minimum absolute atomic E-state index is 0. The number of benzene rings is 1. The number of hydrogen-bond acceptors (Lipinski definition) is 4. The Kier molecular flexibility index (Phi) is 10.4. The van der Waals surface area contributed by atoms with E-state index in [-0.39, 0.29) is 30.0 Å². The van der Waals surface area contributed by atoms with Crippen molar-refractivity contribution in [2.24, 2.45) is 4.99 Å². The maximum absolute atomic E-state index is 12.5. The molecule has 0 bridgehead atoms. The van der Waals surface area contributed by atoms with Gasteiger partial charge in [-0.3, -0.25) is 4.99 Å². The number of guanidine groups is 1. The lowest BCUT2D eigenvalue weighted by Crippen LogP contribution is -2.39. The molecule has 1 aliphatic heterocycles. The number of sulfonamides is 1. The second-order valence-electron chi connectivity index (χ2n) is 6.70. The highest BCUT2D eigenvalue weighted by Crippen LogP contribution is 2.25. The maximum Gasteiger partial charge on any atom is 0.243 e. The Balaban J connectivity index is 0.00000364. The second kappa shape index (κ2) is 11.5. The first kappa shape index (κ1) is 24.5. The van der Waals surface area contributed by atoms with Crippen molar-refractivity contribution in [1.29, 1.82) is 0 Å². The molecule has 1 unspecified atom stereocenters. The van der Waals surface area contributed by atoms with Gasteiger partial charge in [0.05, 0.1) is 4.90 Å². The summed E-state index contributed by atoms with van der Waals surface area (Å²) >= 11 is 2.01. The minimum Gasteiger partial charge on any atom is -0.355 e. The highest BCUT2D eigenvalue weighted by molar-refractivity contribution is 14.0. The van der Waals surface area contributed by atoms with E-state index in [4.69, 9.17) is 0 Å². The summed E-state index contributed by atoms with van der Waals surface area (Å²) in [7, 11) is -0.0711. The number of rotatable bonds is 7. The van der Waals surface area contributed by atoms with Crippen molar-refractivity contribution >= 4 is 51.7 Å². The highest BCUT2D eigenvalue weighted by Gasteiger charge is 2.22. The fourth-order valence-corrected chi connectivity index (χ4v) is 5.21. The largest absolute Gasteiger partial charge is 0.355 e. The molecular formula is C18H31IN4O2S2. The number of thioether (sulfide) groups is 1. The van der Waals surface area contributed by atoms with Crippen LogP contribution >= 0.6 is 35.7 Å². The molecule has 2 N–H and O–H groups in total. The molecule has 27 heavy (non-hydrogen) atoms.